The number of amides is 1. The number of nitrogens with one attached hydrogen (secondary N) is 1. The van der Waals surface area contributed by atoms with Crippen molar-refractivity contribution in [3.8, 4) is 0 Å². The van der Waals surface area contributed by atoms with E-state index >= 15 is 0 Å². The van der Waals surface area contributed by atoms with Gasteiger partial charge in [-0.15, -0.1) is 5.10 Å². The van der Waals surface area contributed by atoms with Crippen LogP contribution >= 0.6 is 0 Å². The predicted octanol–water partition coefficient (Wildman–Crippen LogP) is 2.69. The number of hydrogen-bond donors (Lipinski definition) is 1. The lowest BCUT2D eigenvalue weighted by Gasteiger charge is -2.17. The van der Waals surface area contributed by atoms with Crippen LogP contribution in [-0.4, -0.2) is 20.9 Å². The maximum Gasteiger partial charge on any atom is 0.248 e. The number of para-hydroxylation sites is 1. The van der Waals surface area contributed by atoms with E-state index in [0.717, 1.165) is 5.69 Å². The monoisotopic (exact) mass is 270 g/mol. The third-order valence-electron chi connectivity index (χ3n) is 2.65. The van der Waals surface area contributed by atoms with E-state index in [1.165, 1.54) is 6.08 Å². The number of benzene rings is 1. The minimum atomic E-state index is -0.193. The van der Waals surface area contributed by atoms with Gasteiger partial charge in [-0.1, -0.05) is 23.4 Å². The number of aromatic nitrogens is 3. The van der Waals surface area contributed by atoms with Gasteiger partial charge in [0, 0.05) is 11.8 Å². The molecule has 5 nitrogen and oxygen atoms in total. The summed E-state index contributed by atoms with van der Waals surface area (Å²) in [6, 6.07) is 9.31. The van der Waals surface area contributed by atoms with Crippen LogP contribution in [0.3, 0.4) is 0 Å². The number of carbonyl (C=O) groups excluding carboxylic acids is 1. The summed E-state index contributed by atoms with van der Waals surface area (Å²) in [6.45, 7) is 6.12. The van der Waals surface area contributed by atoms with Gasteiger partial charge in [-0.2, -0.15) is 0 Å². The molecule has 0 aliphatic rings. The van der Waals surface area contributed by atoms with Crippen molar-refractivity contribution >= 4 is 17.7 Å². The highest BCUT2D eigenvalue weighted by Crippen LogP contribution is 2.12. The molecule has 0 unspecified atom stereocenters. The lowest BCUT2D eigenvalue weighted by Crippen LogP contribution is -2.22. The van der Waals surface area contributed by atoms with Gasteiger partial charge >= 0.3 is 0 Å². The first kappa shape index (κ1) is 14.0. The Morgan fingerprint density at radius 3 is 2.55 bits per heavy atom. The Hall–Kier alpha value is -2.43. The Bertz CT molecular complexity index is 608. The Morgan fingerprint density at radius 1 is 1.25 bits per heavy atom. The second-order valence-corrected chi connectivity index (χ2v) is 5.45. The fraction of sp³-hybridized carbons (Fsp3) is 0.267. The van der Waals surface area contributed by atoms with Gasteiger partial charge in [0.2, 0.25) is 5.91 Å². The Morgan fingerprint density at radius 2 is 1.95 bits per heavy atom. The summed E-state index contributed by atoms with van der Waals surface area (Å²) < 4.78 is 1.77. The molecule has 2 rings (SSSR count). The SMILES string of the molecule is CC(C)(C)n1cc(/C=C\C(=O)Nc2ccccc2)nn1. The van der Waals surface area contributed by atoms with Crippen LogP contribution < -0.4 is 5.32 Å². The normalized spacial score (nSPS) is 11.8. The molecule has 0 radical (unpaired) electrons. The zero-order chi connectivity index (χ0) is 14.6. The average Bonchev–Trinajstić information content (AvgIpc) is 2.86. The van der Waals surface area contributed by atoms with Crippen molar-refractivity contribution in [1.82, 2.24) is 15.0 Å². The highest BCUT2D eigenvalue weighted by molar-refractivity contribution is 6.01. The number of anilines is 1. The number of carbonyl (C=O) groups is 1. The van der Waals surface area contributed by atoms with Gasteiger partial charge < -0.3 is 5.32 Å². The van der Waals surface area contributed by atoms with Crippen LogP contribution in [0.15, 0.2) is 42.6 Å². The number of hydrogen-bond acceptors (Lipinski definition) is 3. The van der Waals surface area contributed by atoms with Crippen LogP contribution in [0.2, 0.25) is 0 Å². The Labute approximate surface area is 118 Å². The van der Waals surface area contributed by atoms with E-state index in [-0.39, 0.29) is 11.4 Å². The summed E-state index contributed by atoms with van der Waals surface area (Å²) in [5.41, 5.74) is 1.30. The summed E-state index contributed by atoms with van der Waals surface area (Å²) in [5, 5.41) is 10.8. The molecule has 1 N–H and O–H groups in total. The molecule has 0 fully saturated rings. The lowest BCUT2D eigenvalue weighted by atomic mass is 10.1. The van der Waals surface area contributed by atoms with Gasteiger partial charge in [-0.25, -0.2) is 4.68 Å². The fourth-order valence-electron chi connectivity index (χ4n) is 1.55. The van der Waals surface area contributed by atoms with Crippen LogP contribution in [0.1, 0.15) is 26.5 Å². The molecule has 0 atom stereocenters. The summed E-state index contributed by atoms with van der Waals surface area (Å²) >= 11 is 0. The second-order valence-electron chi connectivity index (χ2n) is 5.45. The summed E-state index contributed by atoms with van der Waals surface area (Å²) in [7, 11) is 0. The summed E-state index contributed by atoms with van der Waals surface area (Å²) in [4.78, 5) is 11.7. The van der Waals surface area contributed by atoms with E-state index in [1.807, 2.05) is 57.3 Å². The number of rotatable bonds is 3. The van der Waals surface area contributed by atoms with Crippen LogP contribution in [0.4, 0.5) is 5.69 Å². The minimum Gasteiger partial charge on any atom is -0.323 e. The molecule has 0 saturated carbocycles. The topological polar surface area (TPSA) is 59.8 Å². The minimum absolute atomic E-state index is 0.120. The van der Waals surface area contributed by atoms with Crippen molar-refractivity contribution in [2.45, 2.75) is 26.3 Å². The molecule has 1 aromatic carbocycles. The zero-order valence-electron chi connectivity index (χ0n) is 11.9. The summed E-state index contributed by atoms with van der Waals surface area (Å²) in [5.74, 6) is -0.193. The number of nitrogens with zero attached hydrogens (tertiary/aromatic N) is 3. The molecule has 0 bridgehead atoms. The average molecular weight is 270 g/mol. The summed E-state index contributed by atoms with van der Waals surface area (Å²) in [6.07, 6.45) is 4.91. The molecule has 0 aliphatic carbocycles. The van der Waals surface area contributed by atoms with Crippen molar-refractivity contribution in [1.29, 1.82) is 0 Å². The van der Waals surface area contributed by atoms with Gasteiger partial charge in [0.1, 0.15) is 5.69 Å². The first-order valence-corrected chi connectivity index (χ1v) is 6.42. The zero-order valence-corrected chi connectivity index (χ0v) is 11.9. The van der Waals surface area contributed by atoms with E-state index in [0.29, 0.717) is 5.69 Å². The van der Waals surface area contributed by atoms with Crippen LogP contribution in [-0.2, 0) is 10.3 Å². The van der Waals surface area contributed by atoms with Crippen molar-refractivity contribution in [2.24, 2.45) is 0 Å². The van der Waals surface area contributed by atoms with Crippen molar-refractivity contribution in [3.63, 3.8) is 0 Å². The molecular weight excluding hydrogens is 252 g/mol. The molecule has 1 aromatic heterocycles. The molecule has 104 valence electrons. The van der Waals surface area contributed by atoms with Gasteiger partial charge in [-0.3, -0.25) is 4.79 Å². The highest BCUT2D eigenvalue weighted by Gasteiger charge is 2.14. The quantitative estimate of drug-likeness (QED) is 0.872. The fourth-order valence-corrected chi connectivity index (χ4v) is 1.55. The van der Waals surface area contributed by atoms with Crippen molar-refractivity contribution < 1.29 is 4.79 Å². The standard InChI is InChI=1S/C15H18N4O/c1-15(2,3)19-11-13(17-18-19)9-10-14(20)16-12-7-5-4-6-8-12/h4-11H,1-3H3,(H,16,20)/b10-9-. The maximum atomic E-state index is 11.7. The molecule has 5 heteroatoms. The van der Waals surface area contributed by atoms with Crippen molar-refractivity contribution in [2.75, 3.05) is 5.32 Å². The maximum absolute atomic E-state index is 11.7. The Balaban J connectivity index is 1.99. The van der Waals surface area contributed by atoms with Gasteiger partial charge in [0.15, 0.2) is 0 Å². The van der Waals surface area contributed by atoms with E-state index in [2.05, 4.69) is 15.6 Å². The van der Waals surface area contributed by atoms with E-state index < -0.39 is 0 Å². The Kier molecular flexibility index (Phi) is 3.98. The van der Waals surface area contributed by atoms with Gasteiger partial charge in [0.05, 0.1) is 11.7 Å². The van der Waals surface area contributed by atoms with Gasteiger partial charge in [0.25, 0.3) is 0 Å². The lowest BCUT2D eigenvalue weighted by molar-refractivity contribution is -0.111. The second kappa shape index (κ2) is 5.69. The van der Waals surface area contributed by atoms with E-state index in [4.69, 9.17) is 0 Å². The smallest absolute Gasteiger partial charge is 0.248 e. The van der Waals surface area contributed by atoms with E-state index in [9.17, 15) is 4.79 Å². The molecule has 2 aromatic rings. The molecule has 1 amide bonds. The van der Waals surface area contributed by atoms with Gasteiger partial charge in [-0.05, 0) is 39.0 Å². The largest absolute Gasteiger partial charge is 0.323 e. The van der Waals surface area contributed by atoms with Crippen LogP contribution in [0.25, 0.3) is 6.08 Å². The molecule has 0 spiro atoms. The predicted molar refractivity (Wildman–Crippen MR) is 79.1 cm³/mol. The molecule has 0 saturated heterocycles. The third kappa shape index (κ3) is 3.78. The van der Waals surface area contributed by atoms with Crippen molar-refractivity contribution in [3.05, 3.63) is 48.3 Å². The first-order valence-electron chi connectivity index (χ1n) is 6.42. The molecule has 0 aliphatic heterocycles. The first-order chi connectivity index (χ1) is 9.45. The molecular formula is C15H18N4O. The van der Waals surface area contributed by atoms with Crippen LogP contribution in [0, 0.1) is 0 Å². The molecule has 20 heavy (non-hydrogen) atoms. The third-order valence-corrected chi connectivity index (χ3v) is 2.65. The highest BCUT2D eigenvalue weighted by atomic mass is 16.1. The van der Waals surface area contributed by atoms with E-state index in [1.54, 1.807) is 10.8 Å². The van der Waals surface area contributed by atoms with Crippen LogP contribution in [0.5, 0.6) is 0 Å². The molecule has 1 heterocycles.